The predicted octanol–water partition coefficient (Wildman–Crippen LogP) is 5.14. The summed E-state index contributed by atoms with van der Waals surface area (Å²) >= 11 is 0. The first-order chi connectivity index (χ1) is 21.0. The summed E-state index contributed by atoms with van der Waals surface area (Å²) in [6, 6.07) is 17.5. The lowest BCUT2D eigenvalue weighted by Crippen LogP contribution is -2.23. The van der Waals surface area contributed by atoms with Crippen molar-refractivity contribution in [2.75, 3.05) is 18.2 Å². The van der Waals surface area contributed by atoms with E-state index in [9.17, 15) is 19.5 Å². The van der Waals surface area contributed by atoms with Crippen LogP contribution in [0.4, 0.5) is 5.69 Å². The number of amides is 1. The Morgan fingerprint density at radius 3 is 2.07 bits per heavy atom. The van der Waals surface area contributed by atoms with Crippen LogP contribution in [-0.4, -0.2) is 46.6 Å². The lowest BCUT2D eigenvalue weighted by Gasteiger charge is -2.11. The third-order valence-electron chi connectivity index (χ3n) is 6.35. The maximum atomic E-state index is 13.2. The summed E-state index contributed by atoms with van der Waals surface area (Å²) in [5, 5.41) is 22.9. The number of aromatic nitrogens is 2. The van der Waals surface area contributed by atoms with Crippen molar-refractivity contribution in [2.45, 2.75) is 39.5 Å². The first kappa shape index (κ1) is 30.7. The summed E-state index contributed by atoms with van der Waals surface area (Å²) in [5.74, 6) is -2.34. The SMILES string of the molecule is CCCCOC(=O)C1=NN(c2ccccc2)C(=O)\C1=C/C=C/C=C/c1c(C(=O)OCCCC)nn(-c2ccccc2)c1[O-]. The summed E-state index contributed by atoms with van der Waals surface area (Å²) < 4.78 is 11.8. The molecule has 1 aliphatic rings. The van der Waals surface area contributed by atoms with Gasteiger partial charge in [-0.15, -0.1) is 0 Å². The summed E-state index contributed by atoms with van der Waals surface area (Å²) in [5.41, 5.74) is 0.961. The Balaban J connectivity index is 1.60. The van der Waals surface area contributed by atoms with Crippen LogP contribution in [0.1, 0.15) is 55.6 Å². The second-order valence-electron chi connectivity index (χ2n) is 9.52. The maximum Gasteiger partial charge on any atom is 0.359 e. The monoisotopic (exact) mass is 581 g/mol. The van der Waals surface area contributed by atoms with Crippen LogP contribution in [-0.2, 0) is 19.1 Å². The molecular weight excluding hydrogens is 548 g/mol. The molecule has 2 aromatic carbocycles. The summed E-state index contributed by atoms with van der Waals surface area (Å²) in [4.78, 5) is 38.8. The number of rotatable bonds is 13. The molecule has 1 aliphatic heterocycles. The fraction of sp³-hybridized carbons (Fsp3) is 0.242. The second-order valence-corrected chi connectivity index (χ2v) is 9.52. The fourth-order valence-electron chi connectivity index (χ4n) is 4.04. The Morgan fingerprint density at radius 2 is 1.44 bits per heavy atom. The van der Waals surface area contributed by atoms with E-state index >= 15 is 0 Å². The average Bonchev–Trinajstić information content (AvgIpc) is 3.54. The van der Waals surface area contributed by atoms with E-state index in [0.717, 1.165) is 22.5 Å². The van der Waals surface area contributed by atoms with Crippen molar-refractivity contribution >= 4 is 35.3 Å². The average molecular weight is 582 g/mol. The minimum absolute atomic E-state index is 0.0663. The van der Waals surface area contributed by atoms with Gasteiger partial charge in [-0.25, -0.2) is 14.3 Å². The molecule has 0 spiro atoms. The molecule has 4 rings (SSSR count). The molecule has 2 heterocycles. The van der Waals surface area contributed by atoms with Gasteiger partial charge >= 0.3 is 11.9 Å². The van der Waals surface area contributed by atoms with Crippen molar-refractivity contribution < 1.29 is 29.0 Å². The molecule has 10 nitrogen and oxygen atoms in total. The highest BCUT2D eigenvalue weighted by molar-refractivity contribution is 6.53. The molecule has 43 heavy (non-hydrogen) atoms. The van der Waals surface area contributed by atoms with E-state index in [4.69, 9.17) is 9.47 Å². The lowest BCUT2D eigenvalue weighted by atomic mass is 10.1. The van der Waals surface area contributed by atoms with Gasteiger partial charge in [0, 0.05) is 5.56 Å². The number of unbranched alkanes of at least 4 members (excludes halogenated alkanes) is 2. The zero-order chi connectivity index (χ0) is 30.6. The zero-order valence-electron chi connectivity index (χ0n) is 24.1. The summed E-state index contributed by atoms with van der Waals surface area (Å²) in [6.07, 6.45) is 10.6. The van der Waals surface area contributed by atoms with Crippen LogP contribution in [0.2, 0.25) is 0 Å². The van der Waals surface area contributed by atoms with Crippen LogP contribution in [0.5, 0.6) is 5.88 Å². The van der Waals surface area contributed by atoms with Crippen molar-refractivity contribution in [3.63, 3.8) is 0 Å². The van der Waals surface area contributed by atoms with Gasteiger partial charge in [0.25, 0.3) is 5.91 Å². The van der Waals surface area contributed by atoms with E-state index in [2.05, 4.69) is 10.2 Å². The van der Waals surface area contributed by atoms with Crippen LogP contribution in [0.15, 0.2) is 95.6 Å². The molecule has 0 fully saturated rings. The van der Waals surface area contributed by atoms with E-state index in [1.807, 2.05) is 26.0 Å². The Morgan fingerprint density at radius 1 is 0.837 bits per heavy atom. The Bertz CT molecular complexity index is 1550. The molecule has 222 valence electrons. The van der Waals surface area contributed by atoms with E-state index in [-0.39, 0.29) is 35.8 Å². The smallest absolute Gasteiger partial charge is 0.359 e. The van der Waals surface area contributed by atoms with E-state index in [0.29, 0.717) is 24.2 Å². The van der Waals surface area contributed by atoms with E-state index in [1.165, 1.54) is 12.2 Å². The number of nitrogens with zero attached hydrogens (tertiary/aromatic N) is 4. The summed E-state index contributed by atoms with van der Waals surface area (Å²) in [7, 11) is 0. The van der Waals surface area contributed by atoms with Gasteiger partial charge in [-0.3, -0.25) is 4.79 Å². The van der Waals surface area contributed by atoms with Crippen molar-refractivity contribution in [2.24, 2.45) is 5.10 Å². The van der Waals surface area contributed by atoms with E-state index < -0.39 is 23.7 Å². The number of allylic oxidation sites excluding steroid dienone is 4. The van der Waals surface area contributed by atoms with Crippen molar-refractivity contribution in [3.8, 4) is 11.6 Å². The minimum Gasteiger partial charge on any atom is -0.858 e. The van der Waals surface area contributed by atoms with Gasteiger partial charge in [0.2, 0.25) is 0 Å². The molecule has 0 bridgehead atoms. The molecule has 0 unspecified atom stereocenters. The normalized spacial score (nSPS) is 14.2. The lowest BCUT2D eigenvalue weighted by molar-refractivity contribution is -0.278. The molecule has 3 aromatic rings. The number of hydrogen-bond donors (Lipinski definition) is 0. The van der Waals surface area contributed by atoms with Gasteiger partial charge in [0.05, 0.1) is 30.2 Å². The van der Waals surface area contributed by atoms with Crippen LogP contribution in [0.3, 0.4) is 0 Å². The number of benzene rings is 2. The first-order valence-electron chi connectivity index (χ1n) is 14.2. The van der Waals surface area contributed by atoms with Crippen LogP contribution in [0.25, 0.3) is 11.8 Å². The molecule has 0 saturated carbocycles. The molecule has 1 amide bonds. The molecule has 0 N–H and O–H groups in total. The van der Waals surface area contributed by atoms with Gasteiger partial charge in [0.1, 0.15) is 0 Å². The number of ether oxygens (including phenoxy) is 2. The van der Waals surface area contributed by atoms with Crippen molar-refractivity contribution in [3.05, 3.63) is 102 Å². The van der Waals surface area contributed by atoms with Crippen molar-refractivity contribution in [1.82, 2.24) is 9.78 Å². The molecule has 0 radical (unpaired) electrons. The highest BCUT2D eigenvalue weighted by atomic mass is 16.5. The minimum atomic E-state index is -0.689. The molecule has 0 atom stereocenters. The van der Waals surface area contributed by atoms with E-state index in [1.54, 1.807) is 66.8 Å². The summed E-state index contributed by atoms with van der Waals surface area (Å²) in [6.45, 7) is 4.40. The van der Waals surface area contributed by atoms with Gasteiger partial charge in [-0.1, -0.05) is 87.4 Å². The highest BCUT2D eigenvalue weighted by Gasteiger charge is 2.35. The third kappa shape index (κ3) is 7.53. The number of para-hydroxylation sites is 2. The predicted molar refractivity (Wildman–Crippen MR) is 162 cm³/mol. The highest BCUT2D eigenvalue weighted by Crippen LogP contribution is 2.26. The molecule has 1 aromatic heterocycles. The largest absolute Gasteiger partial charge is 0.858 e. The van der Waals surface area contributed by atoms with Crippen LogP contribution >= 0.6 is 0 Å². The van der Waals surface area contributed by atoms with Crippen LogP contribution < -0.4 is 10.1 Å². The number of hydrogen-bond acceptors (Lipinski definition) is 8. The molecule has 10 heteroatoms. The second kappa shape index (κ2) is 15.1. The third-order valence-corrected chi connectivity index (χ3v) is 6.35. The van der Waals surface area contributed by atoms with Crippen LogP contribution in [0, 0.1) is 0 Å². The van der Waals surface area contributed by atoms with Gasteiger partial charge in [-0.2, -0.15) is 15.2 Å². The number of carbonyl (C=O) groups is 3. The number of esters is 2. The van der Waals surface area contributed by atoms with Gasteiger partial charge in [0.15, 0.2) is 11.4 Å². The quantitative estimate of drug-likeness (QED) is 0.118. The molecular formula is C33H33N4O6-. The number of carbonyl (C=O) groups excluding carboxylic acids is 3. The maximum absolute atomic E-state index is 13.2. The van der Waals surface area contributed by atoms with Crippen molar-refractivity contribution in [1.29, 1.82) is 0 Å². The Hall–Kier alpha value is -5.25. The zero-order valence-corrected chi connectivity index (χ0v) is 24.1. The number of hydrazone groups is 1. The van der Waals surface area contributed by atoms with Gasteiger partial charge in [-0.05, 0) is 49.1 Å². The number of anilines is 1. The Kier molecular flexibility index (Phi) is 10.8. The molecule has 0 saturated heterocycles. The fourth-order valence-corrected chi connectivity index (χ4v) is 4.04. The molecule has 0 aliphatic carbocycles. The first-order valence-corrected chi connectivity index (χ1v) is 14.2. The topological polar surface area (TPSA) is 126 Å². The standard InChI is InChI=1S/C33H34N4O6/c1-3-5-22-42-32(40)28-26(30(38)36(34-28)24-16-10-7-11-17-24)20-14-9-15-21-27-29(33(41)43-23-6-4-2)35-37(31(27)39)25-18-12-8-13-19-25/h7-21,38H,3-6,22-23H2,1-2H3/p-1/b15-9+,20-14+,27-21-. The van der Waals surface area contributed by atoms with Gasteiger partial charge < -0.3 is 14.6 Å². The Labute approximate surface area is 250 Å².